The van der Waals surface area contributed by atoms with Crippen molar-refractivity contribution < 1.29 is 23.8 Å². The van der Waals surface area contributed by atoms with E-state index in [0.717, 1.165) is 0 Å². The second kappa shape index (κ2) is 11.0. The van der Waals surface area contributed by atoms with Gasteiger partial charge in [-0.25, -0.2) is 0 Å². The predicted octanol–water partition coefficient (Wildman–Crippen LogP) is 4.49. The molecule has 2 amide bonds. The Morgan fingerprint density at radius 1 is 0.909 bits per heavy atom. The lowest BCUT2D eigenvalue weighted by Gasteiger charge is -2.17. The number of ether oxygens (including phenoxy) is 3. The Bertz CT molecular complexity index is 1010. The van der Waals surface area contributed by atoms with Crippen LogP contribution in [0.4, 0.5) is 5.69 Å². The third-order valence-corrected chi connectivity index (χ3v) is 4.90. The topological polar surface area (TPSA) is 77.1 Å². The Morgan fingerprint density at radius 2 is 1.61 bits per heavy atom. The minimum absolute atomic E-state index is 0.00871. The Balaban J connectivity index is 1.97. The normalized spacial score (nSPS) is 14.0. The van der Waals surface area contributed by atoms with Crippen molar-refractivity contribution in [3.05, 3.63) is 59.8 Å². The molecule has 7 nitrogen and oxygen atoms in total. The molecule has 0 spiro atoms. The van der Waals surface area contributed by atoms with E-state index in [-0.39, 0.29) is 37.0 Å². The standard InChI is InChI=1S/C26H32N2O5/c1-6-31-22-10-8-7-9-21(22)27-24-23(19-11-13-20(14-12-19)33-18(4)5)25(29)28(26(24)30)15-16-32-17(2)3/h7-14,17-18,27H,6,15-16H2,1-5H3. The monoisotopic (exact) mass is 452 g/mol. The lowest BCUT2D eigenvalue weighted by Crippen LogP contribution is -2.35. The summed E-state index contributed by atoms with van der Waals surface area (Å²) in [6.45, 7) is 10.5. The van der Waals surface area contributed by atoms with Crippen molar-refractivity contribution in [2.24, 2.45) is 0 Å². The second-order valence-corrected chi connectivity index (χ2v) is 8.18. The number of hydrogen-bond acceptors (Lipinski definition) is 6. The number of rotatable bonds is 11. The molecule has 0 unspecified atom stereocenters. The molecule has 1 aliphatic heterocycles. The van der Waals surface area contributed by atoms with E-state index in [2.05, 4.69) is 5.32 Å². The van der Waals surface area contributed by atoms with Crippen molar-refractivity contribution in [1.29, 1.82) is 0 Å². The molecule has 0 aromatic heterocycles. The van der Waals surface area contributed by atoms with Gasteiger partial charge in [0, 0.05) is 0 Å². The van der Waals surface area contributed by atoms with Gasteiger partial charge >= 0.3 is 0 Å². The SMILES string of the molecule is CCOc1ccccc1NC1=C(c2ccc(OC(C)C)cc2)C(=O)N(CCOC(C)C)C1=O. The number of nitrogens with one attached hydrogen (secondary N) is 1. The van der Waals surface area contributed by atoms with Crippen LogP contribution in [0.1, 0.15) is 40.2 Å². The highest BCUT2D eigenvalue weighted by Crippen LogP contribution is 2.34. The van der Waals surface area contributed by atoms with Crippen LogP contribution in [0.2, 0.25) is 0 Å². The highest BCUT2D eigenvalue weighted by Gasteiger charge is 2.39. The van der Waals surface area contributed by atoms with E-state index in [1.807, 2.05) is 58.9 Å². The maximum atomic E-state index is 13.4. The first-order valence-electron chi connectivity index (χ1n) is 11.3. The number of benzene rings is 2. The first kappa shape index (κ1) is 24.3. The number of carbonyl (C=O) groups excluding carboxylic acids is 2. The second-order valence-electron chi connectivity index (χ2n) is 8.18. The van der Waals surface area contributed by atoms with E-state index in [1.165, 1.54) is 4.90 Å². The molecular weight excluding hydrogens is 420 g/mol. The van der Waals surface area contributed by atoms with Crippen LogP contribution in [0.15, 0.2) is 54.2 Å². The number of hydrogen-bond donors (Lipinski definition) is 1. The van der Waals surface area contributed by atoms with Gasteiger partial charge in [-0.2, -0.15) is 0 Å². The first-order chi connectivity index (χ1) is 15.8. The zero-order chi connectivity index (χ0) is 24.0. The van der Waals surface area contributed by atoms with Crippen LogP contribution in [0.3, 0.4) is 0 Å². The van der Waals surface area contributed by atoms with Gasteiger partial charge in [-0.05, 0) is 64.4 Å². The quantitative estimate of drug-likeness (QED) is 0.506. The average molecular weight is 453 g/mol. The van der Waals surface area contributed by atoms with E-state index >= 15 is 0 Å². The summed E-state index contributed by atoms with van der Waals surface area (Å²) in [5, 5.41) is 3.17. The van der Waals surface area contributed by atoms with Crippen molar-refractivity contribution in [1.82, 2.24) is 4.90 Å². The third kappa shape index (κ3) is 5.93. The molecule has 0 radical (unpaired) electrons. The molecule has 3 rings (SSSR count). The molecule has 1 heterocycles. The molecule has 0 atom stereocenters. The molecule has 1 aliphatic rings. The van der Waals surface area contributed by atoms with Gasteiger partial charge in [-0.1, -0.05) is 24.3 Å². The van der Waals surface area contributed by atoms with Crippen LogP contribution in [0.25, 0.3) is 5.57 Å². The first-order valence-corrected chi connectivity index (χ1v) is 11.3. The van der Waals surface area contributed by atoms with Crippen molar-refractivity contribution in [3.8, 4) is 11.5 Å². The minimum atomic E-state index is -0.392. The van der Waals surface area contributed by atoms with Crippen molar-refractivity contribution in [2.45, 2.75) is 46.8 Å². The number of anilines is 1. The van der Waals surface area contributed by atoms with Gasteiger partial charge in [-0.15, -0.1) is 0 Å². The predicted molar refractivity (Wildman–Crippen MR) is 128 cm³/mol. The minimum Gasteiger partial charge on any atom is -0.492 e. The molecule has 0 saturated heterocycles. The van der Waals surface area contributed by atoms with Gasteiger partial charge in [0.15, 0.2) is 0 Å². The summed E-state index contributed by atoms with van der Waals surface area (Å²) >= 11 is 0. The van der Waals surface area contributed by atoms with E-state index < -0.39 is 5.91 Å². The number of amides is 2. The molecule has 7 heteroatoms. The molecule has 2 aromatic rings. The zero-order valence-corrected chi connectivity index (χ0v) is 19.9. The van der Waals surface area contributed by atoms with Gasteiger partial charge in [0.2, 0.25) is 0 Å². The van der Waals surface area contributed by atoms with E-state index in [4.69, 9.17) is 14.2 Å². The van der Waals surface area contributed by atoms with E-state index in [1.54, 1.807) is 24.3 Å². The van der Waals surface area contributed by atoms with Crippen molar-refractivity contribution in [3.63, 3.8) is 0 Å². The van der Waals surface area contributed by atoms with Crippen LogP contribution < -0.4 is 14.8 Å². The van der Waals surface area contributed by atoms with Gasteiger partial charge in [-0.3, -0.25) is 14.5 Å². The Morgan fingerprint density at radius 3 is 2.24 bits per heavy atom. The van der Waals surface area contributed by atoms with Crippen LogP contribution in [0.5, 0.6) is 11.5 Å². The Labute approximate surface area is 195 Å². The third-order valence-electron chi connectivity index (χ3n) is 4.90. The average Bonchev–Trinajstić information content (AvgIpc) is 2.99. The lowest BCUT2D eigenvalue weighted by atomic mass is 10.0. The summed E-state index contributed by atoms with van der Waals surface area (Å²) in [5.41, 5.74) is 1.78. The number of para-hydroxylation sites is 2. The van der Waals surface area contributed by atoms with Gasteiger partial charge in [0.05, 0.1) is 43.2 Å². The Kier molecular flexibility index (Phi) is 8.11. The highest BCUT2D eigenvalue weighted by atomic mass is 16.5. The Hall–Kier alpha value is -3.32. The van der Waals surface area contributed by atoms with E-state index in [9.17, 15) is 9.59 Å². The van der Waals surface area contributed by atoms with Crippen LogP contribution >= 0.6 is 0 Å². The fourth-order valence-electron chi connectivity index (χ4n) is 3.50. The summed E-state index contributed by atoms with van der Waals surface area (Å²) in [5.74, 6) is 0.552. The molecule has 0 bridgehead atoms. The number of nitrogens with zero attached hydrogens (tertiary/aromatic N) is 1. The van der Waals surface area contributed by atoms with Crippen LogP contribution in [0, 0.1) is 0 Å². The van der Waals surface area contributed by atoms with Crippen LogP contribution in [-0.2, 0) is 14.3 Å². The largest absolute Gasteiger partial charge is 0.492 e. The van der Waals surface area contributed by atoms with Crippen molar-refractivity contribution in [2.75, 3.05) is 25.1 Å². The summed E-state index contributed by atoms with van der Waals surface area (Å²) in [7, 11) is 0. The summed E-state index contributed by atoms with van der Waals surface area (Å²) in [4.78, 5) is 27.9. The van der Waals surface area contributed by atoms with Gasteiger partial charge in [0.25, 0.3) is 11.8 Å². The van der Waals surface area contributed by atoms with Gasteiger partial charge in [0.1, 0.15) is 17.2 Å². The van der Waals surface area contributed by atoms with E-state index in [0.29, 0.717) is 34.9 Å². The van der Waals surface area contributed by atoms with Crippen LogP contribution in [-0.4, -0.2) is 48.7 Å². The van der Waals surface area contributed by atoms with Crippen molar-refractivity contribution >= 4 is 23.1 Å². The summed E-state index contributed by atoms with van der Waals surface area (Å²) < 4.78 is 17.0. The number of carbonyl (C=O) groups is 2. The molecule has 33 heavy (non-hydrogen) atoms. The maximum Gasteiger partial charge on any atom is 0.278 e. The fourth-order valence-corrected chi connectivity index (χ4v) is 3.50. The molecule has 0 aliphatic carbocycles. The van der Waals surface area contributed by atoms with Gasteiger partial charge < -0.3 is 19.5 Å². The molecule has 176 valence electrons. The maximum absolute atomic E-state index is 13.4. The molecule has 1 N–H and O–H groups in total. The molecule has 0 fully saturated rings. The highest BCUT2D eigenvalue weighted by molar-refractivity contribution is 6.36. The molecule has 0 saturated carbocycles. The molecular formula is C26H32N2O5. The molecule has 2 aromatic carbocycles. The number of imide groups is 1. The smallest absolute Gasteiger partial charge is 0.278 e. The fraction of sp³-hybridized carbons (Fsp3) is 0.385. The zero-order valence-electron chi connectivity index (χ0n) is 19.9. The lowest BCUT2D eigenvalue weighted by molar-refractivity contribution is -0.137. The summed E-state index contributed by atoms with van der Waals surface area (Å²) in [6.07, 6.45) is 0.0444. The summed E-state index contributed by atoms with van der Waals surface area (Å²) in [6, 6.07) is 14.5.